The van der Waals surface area contributed by atoms with E-state index < -0.39 is 5.82 Å². The molecule has 0 unspecified atom stereocenters. The lowest BCUT2D eigenvalue weighted by atomic mass is 10.0. The average Bonchev–Trinajstić information content (AvgIpc) is 2.58. The van der Waals surface area contributed by atoms with Crippen molar-refractivity contribution in [2.75, 3.05) is 24.6 Å². The molecule has 120 valence electrons. The van der Waals surface area contributed by atoms with E-state index in [1.807, 2.05) is 36.0 Å². The van der Waals surface area contributed by atoms with Gasteiger partial charge in [-0.2, -0.15) is 11.8 Å². The molecule has 2 aromatic rings. The van der Waals surface area contributed by atoms with Crippen molar-refractivity contribution in [3.8, 4) is 0 Å². The molecule has 1 aliphatic rings. The molecule has 2 nitrogen and oxygen atoms in total. The van der Waals surface area contributed by atoms with Crippen LogP contribution >= 0.6 is 23.4 Å². The van der Waals surface area contributed by atoms with E-state index in [1.165, 1.54) is 29.2 Å². The van der Waals surface area contributed by atoms with Crippen molar-refractivity contribution in [1.29, 1.82) is 0 Å². The van der Waals surface area contributed by atoms with E-state index in [2.05, 4.69) is 4.90 Å². The number of hydrogen-bond acceptors (Lipinski definition) is 3. The summed E-state index contributed by atoms with van der Waals surface area (Å²) in [6.07, 6.45) is 0. The van der Waals surface area contributed by atoms with Crippen LogP contribution in [0.1, 0.15) is 21.5 Å². The van der Waals surface area contributed by atoms with E-state index in [-0.39, 0.29) is 10.8 Å². The van der Waals surface area contributed by atoms with E-state index >= 15 is 0 Å². The number of halogens is 2. The maximum absolute atomic E-state index is 13.5. The van der Waals surface area contributed by atoms with Crippen LogP contribution in [-0.2, 0) is 6.54 Å². The molecular formula is C18H17ClFNOS. The highest BCUT2D eigenvalue weighted by atomic mass is 35.5. The van der Waals surface area contributed by atoms with Crippen molar-refractivity contribution in [1.82, 2.24) is 4.90 Å². The standard InChI is InChI=1S/C18H17ClFNOS/c19-16-6-5-15(11-17(16)20)18(22)14-3-1-13(2-4-14)12-21-7-9-23-10-8-21/h1-6,11H,7-10,12H2. The molecule has 0 bridgehead atoms. The Morgan fingerprint density at radius 3 is 2.39 bits per heavy atom. The monoisotopic (exact) mass is 349 g/mol. The molecule has 1 fully saturated rings. The maximum Gasteiger partial charge on any atom is 0.193 e. The number of nitrogens with zero attached hydrogens (tertiary/aromatic N) is 1. The van der Waals surface area contributed by atoms with Gasteiger partial charge >= 0.3 is 0 Å². The third-order valence-corrected chi connectivity index (χ3v) is 5.16. The van der Waals surface area contributed by atoms with Crippen LogP contribution in [0.5, 0.6) is 0 Å². The summed E-state index contributed by atoms with van der Waals surface area (Å²) in [5.41, 5.74) is 2.06. The van der Waals surface area contributed by atoms with Gasteiger partial charge in [0.05, 0.1) is 5.02 Å². The second-order valence-electron chi connectivity index (χ2n) is 5.54. The van der Waals surface area contributed by atoms with Gasteiger partial charge in [-0.15, -0.1) is 0 Å². The predicted octanol–water partition coefficient (Wildman–Crippen LogP) is 4.26. The number of thioether (sulfide) groups is 1. The third-order valence-electron chi connectivity index (χ3n) is 3.91. The van der Waals surface area contributed by atoms with Gasteiger partial charge < -0.3 is 0 Å². The van der Waals surface area contributed by atoms with Crippen molar-refractivity contribution < 1.29 is 9.18 Å². The lowest BCUT2D eigenvalue weighted by molar-refractivity contribution is 0.103. The quantitative estimate of drug-likeness (QED) is 0.769. The molecule has 0 N–H and O–H groups in total. The summed E-state index contributed by atoms with van der Waals surface area (Å²) in [6.45, 7) is 3.12. The number of ketones is 1. The first-order valence-corrected chi connectivity index (χ1v) is 9.05. The topological polar surface area (TPSA) is 20.3 Å². The molecule has 1 saturated heterocycles. The molecule has 3 rings (SSSR count). The van der Waals surface area contributed by atoms with E-state index in [0.29, 0.717) is 11.1 Å². The second-order valence-corrected chi connectivity index (χ2v) is 7.18. The Morgan fingerprint density at radius 2 is 1.74 bits per heavy atom. The van der Waals surface area contributed by atoms with Crippen molar-refractivity contribution in [3.63, 3.8) is 0 Å². The van der Waals surface area contributed by atoms with Gasteiger partial charge in [0.15, 0.2) is 5.78 Å². The van der Waals surface area contributed by atoms with Crippen LogP contribution in [0.15, 0.2) is 42.5 Å². The fraction of sp³-hybridized carbons (Fsp3) is 0.278. The molecule has 0 atom stereocenters. The fourth-order valence-corrected chi connectivity index (χ4v) is 3.68. The number of carbonyl (C=O) groups excluding carboxylic acids is 1. The van der Waals surface area contributed by atoms with Crippen LogP contribution in [0.4, 0.5) is 4.39 Å². The second kappa shape index (κ2) is 7.47. The zero-order valence-electron chi connectivity index (χ0n) is 12.6. The van der Waals surface area contributed by atoms with Gasteiger partial charge in [0, 0.05) is 42.3 Å². The van der Waals surface area contributed by atoms with E-state index in [1.54, 1.807) is 6.07 Å². The van der Waals surface area contributed by atoms with Crippen LogP contribution in [0.2, 0.25) is 5.02 Å². The first kappa shape index (κ1) is 16.5. The molecule has 0 aromatic heterocycles. The molecule has 0 saturated carbocycles. The minimum Gasteiger partial charge on any atom is -0.297 e. The molecule has 2 aromatic carbocycles. The van der Waals surface area contributed by atoms with Gasteiger partial charge in [0.1, 0.15) is 5.82 Å². The Balaban J connectivity index is 1.70. The highest BCUT2D eigenvalue weighted by Gasteiger charge is 2.13. The normalized spacial score (nSPS) is 15.6. The Kier molecular flexibility index (Phi) is 5.36. The van der Waals surface area contributed by atoms with Gasteiger partial charge in [-0.05, 0) is 23.8 Å². The van der Waals surface area contributed by atoms with E-state index in [0.717, 1.165) is 19.6 Å². The molecule has 0 spiro atoms. The molecule has 0 aliphatic carbocycles. The molecule has 0 amide bonds. The largest absolute Gasteiger partial charge is 0.297 e. The summed E-state index contributed by atoms with van der Waals surface area (Å²) in [5.74, 6) is 1.59. The smallest absolute Gasteiger partial charge is 0.193 e. The maximum atomic E-state index is 13.5. The Morgan fingerprint density at radius 1 is 1.09 bits per heavy atom. The minimum atomic E-state index is -0.572. The van der Waals surface area contributed by atoms with Crippen molar-refractivity contribution in [2.24, 2.45) is 0 Å². The van der Waals surface area contributed by atoms with Gasteiger partial charge in [-0.25, -0.2) is 4.39 Å². The SMILES string of the molecule is O=C(c1ccc(CN2CCSCC2)cc1)c1ccc(Cl)c(F)c1. The summed E-state index contributed by atoms with van der Waals surface area (Å²) < 4.78 is 13.5. The van der Waals surface area contributed by atoms with Crippen LogP contribution in [-0.4, -0.2) is 35.3 Å². The summed E-state index contributed by atoms with van der Waals surface area (Å²) in [5, 5.41) is 0.0246. The number of rotatable bonds is 4. The van der Waals surface area contributed by atoms with Crippen molar-refractivity contribution >= 4 is 29.1 Å². The molecule has 1 aliphatic heterocycles. The zero-order chi connectivity index (χ0) is 16.2. The van der Waals surface area contributed by atoms with Gasteiger partial charge in [0.25, 0.3) is 0 Å². The fourth-order valence-electron chi connectivity index (χ4n) is 2.58. The minimum absolute atomic E-state index is 0.0246. The highest BCUT2D eigenvalue weighted by Crippen LogP contribution is 2.19. The predicted molar refractivity (Wildman–Crippen MR) is 93.9 cm³/mol. The molecule has 23 heavy (non-hydrogen) atoms. The zero-order valence-corrected chi connectivity index (χ0v) is 14.2. The van der Waals surface area contributed by atoms with E-state index in [4.69, 9.17) is 11.6 Å². The first-order valence-electron chi connectivity index (χ1n) is 7.52. The van der Waals surface area contributed by atoms with Crippen LogP contribution in [0, 0.1) is 5.82 Å². The van der Waals surface area contributed by atoms with Gasteiger partial charge in [-0.3, -0.25) is 9.69 Å². The van der Waals surface area contributed by atoms with Crippen molar-refractivity contribution in [3.05, 3.63) is 70.0 Å². The first-order chi connectivity index (χ1) is 11.1. The Labute approximate surface area is 144 Å². The third kappa shape index (κ3) is 4.14. The number of hydrogen-bond donors (Lipinski definition) is 0. The lowest BCUT2D eigenvalue weighted by Crippen LogP contribution is -2.31. The van der Waals surface area contributed by atoms with Crippen molar-refractivity contribution in [2.45, 2.75) is 6.54 Å². The van der Waals surface area contributed by atoms with Gasteiger partial charge in [0.2, 0.25) is 0 Å². The van der Waals surface area contributed by atoms with Crippen LogP contribution in [0.3, 0.4) is 0 Å². The molecule has 5 heteroatoms. The Hall–Kier alpha value is -1.36. The summed E-state index contributed by atoms with van der Waals surface area (Å²) in [4.78, 5) is 14.8. The Bertz CT molecular complexity index is 699. The summed E-state index contributed by atoms with van der Waals surface area (Å²) in [6, 6.07) is 11.7. The molecule has 0 radical (unpaired) electrons. The van der Waals surface area contributed by atoms with Crippen LogP contribution < -0.4 is 0 Å². The van der Waals surface area contributed by atoms with E-state index in [9.17, 15) is 9.18 Å². The molecule has 1 heterocycles. The average molecular weight is 350 g/mol. The van der Waals surface area contributed by atoms with Crippen LogP contribution in [0.25, 0.3) is 0 Å². The number of benzene rings is 2. The molecular weight excluding hydrogens is 333 g/mol. The highest BCUT2D eigenvalue weighted by molar-refractivity contribution is 7.99. The lowest BCUT2D eigenvalue weighted by Gasteiger charge is -2.26. The van der Waals surface area contributed by atoms with Gasteiger partial charge in [-0.1, -0.05) is 35.9 Å². The summed E-state index contributed by atoms with van der Waals surface area (Å²) >= 11 is 7.64. The summed E-state index contributed by atoms with van der Waals surface area (Å²) in [7, 11) is 0. The number of carbonyl (C=O) groups is 1.